The maximum Gasteiger partial charge on any atom is 0.277 e. The molecule has 2 aliphatic heterocycles. The van der Waals surface area contributed by atoms with Crippen LogP contribution in [0.2, 0.25) is 0 Å². The van der Waals surface area contributed by atoms with E-state index in [1.807, 2.05) is 6.07 Å². The maximum absolute atomic E-state index is 13.4. The third-order valence-corrected chi connectivity index (χ3v) is 7.80. The molecule has 0 unspecified atom stereocenters. The van der Waals surface area contributed by atoms with Gasteiger partial charge in [-0.2, -0.15) is 0 Å². The summed E-state index contributed by atoms with van der Waals surface area (Å²) in [4.78, 5) is 21.0. The van der Waals surface area contributed by atoms with Gasteiger partial charge in [0, 0.05) is 37.5 Å². The Morgan fingerprint density at radius 3 is 2.66 bits per heavy atom. The predicted octanol–water partition coefficient (Wildman–Crippen LogP) is 4.54. The third-order valence-electron chi connectivity index (χ3n) is 6.67. The number of nitrogens with zero attached hydrogens (tertiary/aromatic N) is 2. The first-order valence-electron chi connectivity index (χ1n) is 11.8. The van der Waals surface area contributed by atoms with E-state index >= 15 is 0 Å². The van der Waals surface area contributed by atoms with Gasteiger partial charge < -0.3 is 10.1 Å². The quantitative estimate of drug-likeness (QED) is 0.568. The van der Waals surface area contributed by atoms with Crippen molar-refractivity contribution < 1.29 is 26.7 Å². The van der Waals surface area contributed by atoms with Crippen molar-refractivity contribution in [2.24, 2.45) is 10.9 Å². The highest BCUT2D eigenvalue weighted by atomic mass is 32.2. The Balaban J connectivity index is 1.53. The SMILES string of the molecule is CS(=O)(=O)c1cc([C@H]2CCCOC2)ccc1Nc1cc(CC(=O)C2CC2)nc2c1N=C(C(F)F)C2. The number of carbonyl (C=O) groups is 1. The fourth-order valence-corrected chi connectivity index (χ4v) is 5.51. The van der Waals surface area contributed by atoms with Gasteiger partial charge in [0.25, 0.3) is 6.43 Å². The number of Topliss-reactive ketones (excluding diaryl/α,β-unsaturated/α-hetero) is 1. The van der Waals surface area contributed by atoms with Crippen LogP contribution in [-0.2, 0) is 32.2 Å². The lowest BCUT2D eigenvalue weighted by Gasteiger charge is -2.23. The number of benzene rings is 1. The van der Waals surface area contributed by atoms with Crippen molar-refractivity contribution in [1.29, 1.82) is 0 Å². The smallest absolute Gasteiger partial charge is 0.277 e. The van der Waals surface area contributed by atoms with Crippen LogP contribution in [0.4, 0.5) is 25.8 Å². The minimum absolute atomic E-state index is 0.0440. The van der Waals surface area contributed by atoms with E-state index in [1.165, 1.54) is 0 Å². The average Bonchev–Trinajstić information content (AvgIpc) is 3.58. The monoisotopic (exact) mass is 503 g/mol. The highest BCUT2D eigenvalue weighted by molar-refractivity contribution is 7.90. The number of ketones is 1. The fraction of sp³-hybridized carbons (Fsp3) is 0.480. The Bertz CT molecular complexity index is 1300. The van der Waals surface area contributed by atoms with Crippen LogP contribution in [0.1, 0.15) is 48.6 Å². The number of anilines is 2. The summed E-state index contributed by atoms with van der Waals surface area (Å²) in [6.07, 6.45) is 1.97. The number of fused-ring (bicyclic) bond motifs is 1. The van der Waals surface area contributed by atoms with Crippen molar-refractivity contribution in [2.75, 3.05) is 24.8 Å². The van der Waals surface area contributed by atoms with Crippen LogP contribution in [0, 0.1) is 5.92 Å². The van der Waals surface area contributed by atoms with E-state index in [1.54, 1.807) is 18.2 Å². The summed E-state index contributed by atoms with van der Waals surface area (Å²) < 4.78 is 57.8. The number of hydrogen-bond acceptors (Lipinski definition) is 7. The molecular weight excluding hydrogens is 476 g/mol. The van der Waals surface area contributed by atoms with E-state index in [0.29, 0.717) is 36.0 Å². The van der Waals surface area contributed by atoms with Crippen LogP contribution in [0.15, 0.2) is 34.2 Å². The van der Waals surface area contributed by atoms with Crippen molar-refractivity contribution >= 4 is 38.4 Å². The van der Waals surface area contributed by atoms with E-state index in [9.17, 15) is 22.0 Å². The summed E-state index contributed by atoms with van der Waals surface area (Å²) >= 11 is 0. The van der Waals surface area contributed by atoms with Crippen LogP contribution < -0.4 is 5.32 Å². The summed E-state index contributed by atoms with van der Waals surface area (Å²) in [5.41, 5.74) is 2.35. The predicted molar refractivity (Wildman–Crippen MR) is 128 cm³/mol. The molecule has 186 valence electrons. The Morgan fingerprint density at radius 2 is 2.00 bits per heavy atom. The molecule has 7 nitrogen and oxygen atoms in total. The Hall–Kier alpha value is -2.72. The van der Waals surface area contributed by atoms with Gasteiger partial charge in [0.2, 0.25) is 0 Å². The lowest BCUT2D eigenvalue weighted by molar-refractivity contribution is -0.119. The standard InChI is InChI=1S/C25H27F2N3O4S/c1-35(32,33)23-9-15(16-3-2-8-34-13-16)6-7-18(23)29-19-10-17(11-22(31)14-4-5-14)28-20-12-21(25(26)27)30-24(19)20/h6-7,9-10,14,16,25H,2-5,8,11-13H2,1H3,(H,28,29)/t16-/m0/s1. The van der Waals surface area contributed by atoms with Crippen molar-refractivity contribution in [3.8, 4) is 0 Å². The second kappa shape index (κ2) is 9.39. The molecule has 1 N–H and O–H groups in total. The topological polar surface area (TPSA) is 97.7 Å². The van der Waals surface area contributed by atoms with Gasteiger partial charge in [0.05, 0.1) is 40.0 Å². The number of sulfone groups is 1. The molecule has 3 aliphatic rings. The lowest BCUT2D eigenvalue weighted by Crippen LogP contribution is -2.16. The van der Waals surface area contributed by atoms with Gasteiger partial charge in [0.1, 0.15) is 11.5 Å². The number of aliphatic imine (C=N–C) groups is 1. The largest absolute Gasteiger partial charge is 0.381 e. The summed E-state index contributed by atoms with van der Waals surface area (Å²) in [7, 11) is -3.61. The van der Waals surface area contributed by atoms with Gasteiger partial charge in [-0.05, 0) is 49.4 Å². The lowest BCUT2D eigenvalue weighted by atomic mass is 9.93. The van der Waals surface area contributed by atoms with E-state index in [0.717, 1.165) is 37.5 Å². The molecule has 1 saturated heterocycles. The van der Waals surface area contributed by atoms with Gasteiger partial charge in [-0.25, -0.2) is 22.2 Å². The van der Waals surface area contributed by atoms with Gasteiger partial charge in [0.15, 0.2) is 9.84 Å². The zero-order valence-corrected chi connectivity index (χ0v) is 20.2. The highest BCUT2D eigenvalue weighted by Gasteiger charge is 2.31. The molecule has 0 amide bonds. The van der Waals surface area contributed by atoms with E-state index in [4.69, 9.17) is 4.74 Å². The molecule has 0 radical (unpaired) electrons. The second-order valence-corrected chi connectivity index (χ2v) is 11.5. The maximum atomic E-state index is 13.4. The van der Waals surface area contributed by atoms with Gasteiger partial charge in [-0.15, -0.1) is 0 Å². The van der Waals surface area contributed by atoms with Crippen LogP contribution in [0.25, 0.3) is 0 Å². The molecule has 1 aliphatic carbocycles. The first-order chi connectivity index (χ1) is 16.7. The molecule has 35 heavy (non-hydrogen) atoms. The summed E-state index contributed by atoms with van der Waals surface area (Å²) in [6.45, 7) is 1.24. The van der Waals surface area contributed by atoms with Crippen molar-refractivity contribution in [1.82, 2.24) is 4.98 Å². The van der Waals surface area contributed by atoms with Crippen LogP contribution in [0.5, 0.6) is 0 Å². The molecule has 0 spiro atoms. The molecule has 1 saturated carbocycles. The first kappa shape index (κ1) is 24.0. The zero-order chi connectivity index (χ0) is 24.7. The Labute approximate surface area is 202 Å². The number of alkyl halides is 2. The first-order valence-corrected chi connectivity index (χ1v) is 13.7. The summed E-state index contributed by atoms with van der Waals surface area (Å²) in [5, 5.41) is 3.11. The normalized spacial score (nSPS) is 20.0. The van der Waals surface area contributed by atoms with E-state index < -0.39 is 16.3 Å². The number of hydrogen-bond donors (Lipinski definition) is 1. The number of pyridine rings is 1. The van der Waals surface area contributed by atoms with Crippen molar-refractivity contribution in [3.05, 3.63) is 41.2 Å². The average molecular weight is 504 g/mol. The summed E-state index contributed by atoms with van der Waals surface area (Å²) in [5.74, 6) is 0.233. The number of aromatic nitrogens is 1. The Kier molecular flexibility index (Phi) is 6.43. The Morgan fingerprint density at radius 1 is 1.20 bits per heavy atom. The molecule has 2 fully saturated rings. The minimum atomic E-state index is -3.61. The fourth-order valence-electron chi connectivity index (χ4n) is 4.64. The van der Waals surface area contributed by atoms with Crippen LogP contribution in [-0.4, -0.2) is 50.8 Å². The van der Waals surface area contributed by atoms with E-state index in [-0.39, 0.29) is 46.8 Å². The second-order valence-electron chi connectivity index (χ2n) is 9.52. The van der Waals surface area contributed by atoms with E-state index in [2.05, 4.69) is 15.3 Å². The summed E-state index contributed by atoms with van der Waals surface area (Å²) in [6, 6.07) is 6.83. The van der Waals surface area contributed by atoms with Gasteiger partial charge in [-0.1, -0.05) is 6.07 Å². The van der Waals surface area contributed by atoms with Crippen molar-refractivity contribution in [3.63, 3.8) is 0 Å². The van der Waals surface area contributed by atoms with Crippen LogP contribution >= 0.6 is 0 Å². The molecule has 1 aromatic carbocycles. The molecule has 3 heterocycles. The molecule has 2 aromatic rings. The van der Waals surface area contributed by atoms with Gasteiger partial charge in [-0.3, -0.25) is 9.78 Å². The number of rotatable bonds is 8. The number of carbonyl (C=O) groups excluding carboxylic acids is 1. The molecule has 0 bridgehead atoms. The molecular formula is C25H27F2N3O4S. The van der Waals surface area contributed by atoms with Crippen LogP contribution in [0.3, 0.4) is 0 Å². The molecule has 1 aromatic heterocycles. The number of ether oxygens (including phenoxy) is 1. The van der Waals surface area contributed by atoms with Crippen molar-refractivity contribution in [2.45, 2.75) is 55.8 Å². The highest BCUT2D eigenvalue weighted by Crippen LogP contribution is 2.40. The third kappa shape index (κ3) is 5.28. The molecule has 5 rings (SSSR count). The minimum Gasteiger partial charge on any atom is -0.381 e. The van der Waals surface area contributed by atoms with Gasteiger partial charge >= 0.3 is 0 Å². The molecule has 1 atom stereocenters. The number of nitrogens with one attached hydrogen (secondary N) is 1. The number of halogens is 2. The molecule has 10 heteroatoms. The zero-order valence-electron chi connectivity index (χ0n) is 19.4.